The number of nitrogens with zero attached hydrogens (tertiary/aromatic N) is 3. The van der Waals surface area contributed by atoms with Crippen molar-refractivity contribution in [1.29, 1.82) is 0 Å². The van der Waals surface area contributed by atoms with Crippen molar-refractivity contribution in [2.24, 2.45) is 0 Å². The molecule has 246 valence electrons. The van der Waals surface area contributed by atoms with Gasteiger partial charge in [0.25, 0.3) is 0 Å². The van der Waals surface area contributed by atoms with Crippen molar-refractivity contribution in [3.8, 4) is 78.7 Å². The predicted octanol–water partition coefficient (Wildman–Crippen LogP) is 12.1. The van der Waals surface area contributed by atoms with Gasteiger partial charge in [-0.3, -0.25) is 0 Å². The van der Waals surface area contributed by atoms with E-state index in [2.05, 4.69) is 117 Å². The van der Waals surface area contributed by atoms with Crippen LogP contribution in [0.4, 0.5) is 0 Å². The zero-order valence-corrected chi connectivity index (χ0v) is 29.1. The summed E-state index contributed by atoms with van der Waals surface area (Å²) >= 11 is 0. The van der Waals surface area contributed by atoms with Crippen molar-refractivity contribution in [2.75, 3.05) is 0 Å². The molecule has 2 aliphatic carbocycles. The largest absolute Gasteiger partial charge is 0.208 e. The van der Waals surface area contributed by atoms with Crippen LogP contribution in [0.5, 0.6) is 0 Å². The molecular weight excluding hydrogens is 631 g/mol. The van der Waals surface area contributed by atoms with Crippen LogP contribution >= 0.6 is 0 Å². The lowest BCUT2D eigenvalue weighted by Gasteiger charge is -2.21. The van der Waals surface area contributed by atoms with Crippen LogP contribution in [0.25, 0.3) is 78.7 Å². The van der Waals surface area contributed by atoms with E-state index >= 15 is 0 Å². The Hall–Kier alpha value is -6.45. The fraction of sp³-hybridized carbons (Fsp3) is 0.0816. The molecule has 0 spiro atoms. The maximum absolute atomic E-state index is 5.01. The van der Waals surface area contributed by atoms with E-state index < -0.39 is 0 Å². The topological polar surface area (TPSA) is 38.7 Å². The number of hydrogen-bond acceptors (Lipinski definition) is 3. The van der Waals surface area contributed by atoms with Gasteiger partial charge in [0.2, 0.25) is 0 Å². The standard InChI is InChI=1S/C49H35N3/c1-49(2)44-25-10-9-20-40(44)43-29-34(26-27-45(43)49)37-22-13-24-39-38-23-12-21-36(41(38)30-42(37)39)33-18-11-19-35(28-33)48-51-46(31-14-5-3-6-15-31)50-47(52-48)32-16-7-4-8-17-32/h3-29H,30H2,1-2H3. The van der Waals surface area contributed by atoms with Crippen molar-refractivity contribution in [1.82, 2.24) is 15.0 Å². The maximum Gasteiger partial charge on any atom is 0.164 e. The van der Waals surface area contributed by atoms with Crippen molar-refractivity contribution >= 4 is 0 Å². The van der Waals surface area contributed by atoms with E-state index in [4.69, 9.17) is 15.0 Å². The molecule has 0 fully saturated rings. The molecule has 3 heteroatoms. The van der Waals surface area contributed by atoms with Gasteiger partial charge < -0.3 is 0 Å². The lowest BCUT2D eigenvalue weighted by atomic mass is 9.82. The van der Waals surface area contributed by atoms with E-state index in [0.29, 0.717) is 17.5 Å². The van der Waals surface area contributed by atoms with Crippen molar-refractivity contribution in [3.05, 3.63) is 186 Å². The molecule has 0 unspecified atom stereocenters. The molecule has 0 N–H and O–H groups in total. The smallest absolute Gasteiger partial charge is 0.164 e. The molecule has 8 aromatic rings. The predicted molar refractivity (Wildman–Crippen MR) is 213 cm³/mol. The summed E-state index contributed by atoms with van der Waals surface area (Å²) in [6.45, 7) is 4.69. The molecule has 0 aliphatic heterocycles. The molecule has 0 radical (unpaired) electrons. The Labute approximate surface area is 304 Å². The molecule has 1 aromatic heterocycles. The zero-order valence-electron chi connectivity index (χ0n) is 29.1. The molecule has 52 heavy (non-hydrogen) atoms. The monoisotopic (exact) mass is 665 g/mol. The second-order valence-corrected chi connectivity index (χ2v) is 14.4. The van der Waals surface area contributed by atoms with Crippen LogP contribution in [0.3, 0.4) is 0 Å². The van der Waals surface area contributed by atoms with Crippen LogP contribution < -0.4 is 0 Å². The minimum atomic E-state index is -0.00367. The molecule has 0 saturated carbocycles. The lowest BCUT2D eigenvalue weighted by Crippen LogP contribution is -2.14. The molecule has 0 amide bonds. The summed E-state index contributed by atoms with van der Waals surface area (Å²) in [6.07, 6.45) is 0.877. The average Bonchev–Trinajstić information content (AvgIpc) is 3.70. The lowest BCUT2D eigenvalue weighted by molar-refractivity contribution is 0.660. The van der Waals surface area contributed by atoms with Gasteiger partial charge in [0, 0.05) is 22.1 Å². The molecule has 0 bridgehead atoms. The van der Waals surface area contributed by atoms with E-state index in [-0.39, 0.29) is 5.41 Å². The minimum Gasteiger partial charge on any atom is -0.208 e. The van der Waals surface area contributed by atoms with Crippen LogP contribution in [0.1, 0.15) is 36.1 Å². The van der Waals surface area contributed by atoms with Crippen LogP contribution in [0.15, 0.2) is 164 Å². The summed E-state index contributed by atoms with van der Waals surface area (Å²) in [5, 5.41) is 0. The van der Waals surface area contributed by atoms with Crippen LogP contribution in [0, 0.1) is 0 Å². The Balaban J connectivity index is 1.05. The van der Waals surface area contributed by atoms with Gasteiger partial charge in [-0.15, -0.1) is 0 Å². The summed E-state index contributed by atoms with van der Waals surface area (Å²) in [7, 11) is 0. The van der Waals surface area contributed by atoms with E-state index in [1.165, 1.54) is 61.2 Å². The van der Waals surface area contributed by atoms with Gasteiger partial charge in [0.15, 0.2) is 17.5 Å². The number of fused-ring (bicyclic) bond motifs is 6. The summed E-state index contributed by atoms with van der Waals surface area (Å²) in [5.74, 6) is 1.99. The van der Waals surface area contributed by atoms with Gasteiger partial charge in [0.05, 0.1) is 0 Å². The van der Waals surface area contributed by atoms with Crippen LogP contribution in [-0.4, -0.2) is 15.0 Å². The third-order valence-corrected chi connectivity index (χ3v) is 11.0. The molecular formula is C49H35N3. The zero-order chi connectivity index (χ0) is 34.8. The van der Waals surface area contributed by atoms with Crippen molar-refractivity contribution in [3.63, 3.8) is 0 Å². The number of aromatic nitrogens is 3. The minimum absolute atomic E-state index is 0.00367. The van der Waals surface area contributed by atoms with Gasteiger partial charge in [-0.2, -0.15) is 0 Å². The van der Waals surface area contributed by atoms with E-state index in [0.717, 1.165) is 28.7 Å². The number of rotatable bonds is 5. The highest BCUT2D eigenvalue weighted by molar-refractivity contribution is 5.92. The highest BCUT2D eigenvalue weighted by Gasteiger charge is 2.35. The fourth-order valence-electron chi connectivity index (χ4n) is 8.43. The first-order valence-electron chi connectivity index (χ1n) is 18.0. The summed E-state index contributed by atoms with van der Waals surface area (Å²) in [5.41, 5.74) is 18.8. The molecule has 10 rings (SSSR count). The highest BCUT2D eigenvalue weighted by atomic mass is 15.0. The van der Waals surface area contributed by atoms with E-state index in [9.17, 15) is 0 Å². The normalized spacial score (nSPS) is 13.3. The maximum atomic E-state index is 5.01. The molecule has 1 heterocycles. The summed E-state index contributed by atoms with van der Waals surface area (Å²) < 4.78 is 0. The Morgan fingerprint density at radius 1 is 0.346 bits per heavy atom. The fourth-order valence-corrected chi connectivity index (χ4v) is 8.43. The third kappa shape index (κ3) is 4.85. The van der Waals surface area contributed by atoms with Crippen molar-refractivity contribution < 1.29 is 0 Å². The molecule has 0 atom stereocenters. The van der Waals surface area contributed by atoms with Crippen LogP contribution in [0.2, 0.25) is 0 Å². The third-order valence-electron chi connectivity index (χ3n) is 11.0. The van der Waals surface area contributed by atoms with Crippen LogP contribution in [-0.2, 0) is 11.8 Å². The Morgan fingerprint density at radius 2 is 0.788 bits per heavy atom. The SMILES string of the molecule is CC1(C)c2ccccc2-c2cc(-c3cccc4c3Cc3c(-c5cccc(-c6nc(-c7ccccc7)nc(-c7ccccc7)n6)c5)cccc3-4)ccc21. The summed E-state index contributed by atoms with van der Waals surface area (Å²) in [6, 6.07) is 58.5. The average molecular weight is 666 g/mol. The van der Waals surface area contributed by atoms with Gasteiger partial charge in [-0.1, -0.05) is 166 Å². The Morgan fingerprint density at radius 3 is 1.42 bits per heavy atom. The molecule has 2 aliphatic rings. The molecule has 3 nitrogen and oxygen atoms in total. The van der Waals surface area contributed by atoms with Gasteiger partial charge in [0.1, 0.15) is 0 Å². The first kappa shape index (κ1) is 30.4. The second kappa shape index (κ2) is 11.8. The first-order valence-corrected chi connectivity index (χ1v) is 18.0. The quantitative estimate of drug-likeness (QED) is 0.184. The van der Waals surface area contributed by atoms with Crippen molar-refractivity contribution in [2.45, 2.75) is 25.7 Å². The number of benzene rings is 7. The first-order chi connectivity index (χ1) is 25.5. The second-order valence-electron chi connectivity index (χ2n) is 14.4. The van der Waals surface area contributed by atoms with Gasteiger partial charge in [-0.05, 0) is 85.3 Å². The molecule has 7 aromatic carbocycles. The van der Waals surface area contributed by atoms with E-state index in [1.54, 1.807) is 0 Å². The molecule has 0 saturated heterocycles. The summed E-state index contributed by atoms with van der Waals surface area (Å²) in [4.78, 5) is 14.9. The van der Waals surface area contributed by atoms with E-state index in [1.807, 2.05) is 60.7 Å². The highest BCUT2D eigenvalue weighted by Crippen LogP contribution is 2.51. The van der Waals surface area contributed by atoms with Gasteiger partial charge in [-0.25, -0.2) is 15.0 Å². The van der Waals surface area contributed by atoms with Gasteiger partial charge >= 0.3 is 0 Å². The Kier molecular flexibility index (Phi) is 6.91. The Bertz CT molecular complexity index is 2620. The number of hydrogen-bond donors (Lipinski definition) is 0.